The molecule has 2 N–H and O–H groups in total. The van der Waals surface area contributed by atoms with Crippen LogP contribution in [0.5, 0.6) is 11.5 Å². The van der Waals surface area contributed by atoms with E-state index in [1.54, 1.807) is 27.7 Å². The largest absolute Gasteiger partial charge is 0.489 e. The summed E-state index contributed by atoms with van der Waals surface area (Å²) in [5.74, 6) is -1.07. The first-order valence-electron chi connectivity index (χ1n) is 14.0. The Morgan fingerprint density at radius 1 is 1.07 bits per heavy atom. The van der Waals surface area contributed by atoms with Crippen LogP contribution in [0.2, 0.25) is 0 Å². The fraction of sp³-hybridized carbons (Fsp3) is 0.419. The van der Waals surface area contributed by atoms with Crippen molar-refractivity contribution in [3.8, 4) is 23.0 Å². The SMILES string of the molecule is CC(NC(=O)OC(C)(C)C)c1oc(-c2ccc(OC(F)F)c(OCC3CC3)c2)nc1CCOC(=O)c1ccc(C(=O)O)cc1. The number of carbonyl (C=O) groups is 3. The van der Waals surface area contributed by atoms with E-state index in [0.717, 1.165) is 12.8 Å². The predicted molar refractivity (Wildman–Crippen MR) is 152 cm³/mol. The van der Waals surface area contributed by atoms with Crippen LogP contribution in [0.25, 0.3) is 11.5 Å². The minimum Gasteiger partial charge on any atom is -0.489 e. The Balaban J connectivity index is 1.56. The third-order valence-electron chi connectivity index (χ3n) is 6.37. The average molecular weight is 617 g/mol. The zero-order valence-electron chi connectivity index (χ0n) is 24.7. The van der Waals surface area contributed by atoms with Gasteiger partial charge in [-0.3, -0.25) is 0 Å². The van der Waals surface area contributed by atoms with Crippen molar-refractivity contribution < 1.29 is 51.6 Å². The molecular weight excluding hydrogens is 582 g/mol. The standard InChI is InChI=1S/C31H34F2N2O9/c1-17(34-30(39)44-31(2,3)4)25-22(13-14-40-28(38)20-9-7-19(8-10-20)27(36)37)35-26(43-25)21-11-12-23(42-29(32)33)24(15-21)41-16-18-5-6-18/h7-12,15,17-18,29H,5-6,13-14,16H2,1-4H3,(H,34,39)(H,36,37). The molecule has 0 radical (unpaired) electrons. The Morgan fingerprint density at radius 3 is 2.36 bits per heavy atom. The lowest BCUT2D eigenvalue weighted by molar-refractivity contribution is -0.0515. The smallest absolute Gasteiger partial charge is 0.408 e. The Kier molecular flexibility index (Phi) is 10.1. The van der Waals surface area contributed by atoms with E-state index >= 15 is 0 Å². The molecular formula is C31H34F2N2O9. The summed E-state index contributed by atoms with van der Waals surface area (Å²) in [5.41, 5.74) is 0.231. The van der Waals surface area contributed by atoms with Gasteiger partial charge in [0.1, 0.15) is 11.4 Å². The molecule has 3 aromatic rings. The van der Waals surface area contributed by atoms with E-state index in [1.165, 1.54) is 42.5 Å². The van der Waals surface area contributed by atoms with Crippen LogP contribution in [0.15, 0.2) is 46.9 Å². The van der Waals surface area contributed by atoms with Crippen LogP contribution in [0.3, 0.4) is 0 Å². The molecule has 1 fully saturated rings. The molecule has 1 saturated carbocycles. The third-order valence-corrected chi connectivity index (χ3v) is 6.37. The molecule has 2 aromatic carbocycles. The van der Waals surface area contributed by atoms with Crippen LogP contribution in [-0.4, -0.2) is 53.5 Å². The number of hydrogen-bond donors (Lipinski definition) is 2. The molecule has 1 amide bonds. The van der Waals surface area contributed by atoms with E-state index in [1.807, 2.05) is 0 Å². The molecule has 236 valence electrons. The third kappa shape index (κ3) is 9.16. The number of hydrogen-bond acceptors (Lipinski definition) is 9. The Morgan fingerprint density at radius 2 is 1.75 bits per heavy atom. The average Bonchev–Trinajstić information content (AvgIpc) is 3.68. The molecule has 1 aliphatic carbocycles. The quantitative estimate of drug-likeness (QED) is 0.206. The van der Waals surface area contributed by atoms with Gasteiger partial charge in [-0.2, -0.15) is 8.78 Å². The predicted octanol–water partition coefficient (Wildman–Crippen LogP) is 6.42. The highest BCUT2D eigenvalue weighted by Gasteiger charge is 2.26. The highest BCUT2D eigenvalue weighted by molar-refractivity contribution is 5.92. The first-order chi connectivity index (χ1) is 20.8. The molecule has 1 aliphatic rings. The summed E-state index contributed by atoms with van der Waals surface area (Å²) in [6.07, 6.45) is 1.40. The summed E-state index contributed by atoms with van der Waals surface area (Å²) < 4.78 is 53.2. The van der Waals surface area contributed by atoms with Gasteiger partial charge in [0.25, 0.3) is 0 Å². The molecule has 4 rings (SSSR count). The number of benzene rings is 2. The topological polar surface area (TPSA) is 146 Å². The van der Waals surface area contributed by atoms with Gasteiger partial charge in [-0.15, -0.1) is 0 Å². The van der Waals surface area contributed by atoms with Crippen molar-refractivity contribution in [2.24, 2.45) is 5.92 Å². The maximum atomic E-state index is 13.0. The fourth-order valence-corrected chi connectivity index (χ4v) is 4.07. The monoisotopic (exact) mass is 616 g/mol. The Labute approximate surface area is 252 Å². The molecule has 0 spiro atoms. The second-order valence-electron chi connectivity index (χ2n) is 11.3. The minimum atomic E-state index is -3.04. The number of aromatic carboxylic acids is 1. The van der Waals surface area contributed by atoms with Crippen molar-refractivity contribution in [1.29, 1.82) is 0 Å². The van der Waals surface area contributed by atoms with Crippen molar-refractivity contribution in [3.05, 3.63) is 65.0 Å². The summed E-state index contributed by atoms with van der Waals surface area (Å²) >= 11 is 0. The Hall–Kier alpha value is -4.68. The minimum absolute atomic E-state index is 0.0303. The number of nitrogens with zero attached hydrogens (tertiary/aromatic N) is 1. The fourth-order valence-electron chi connectivity index (χ4n) is 4.07. The highest BCUT2D eigenvalue weighted by atomic mass is 19.3. The number of ether oxygens (including phenoxy) is 4. The maximum absolute atomic E-state index is 13.0. The second kappa shape index (κ2) is 13.7. The van der Waals surface area contributed by atoms with Gasteiger partial charge in [-0.25, -0.2) is 19.4 Å². The summed E-state index contributed by atoms with van der Waals surface area (Å²) in [6, 6.07) is 8.90. The number of oxazole rings is 1. The first-order valence-corrected chi connectivity index (χ1v) is 14.0. The van der Waals surface area contributed by atoms with E-state index in [0.29, 0.717) is 23.8 Å². The van der Waals surface area contributed by atoms with Crippen LogP contribution in [0.4, 0.5) is 13.6 Å². The normalized spacial score (nSPS) is 13.7. The number of amides is 1. The number of alkyl halides is 2. The van der Waals surface area contributed by atoms with Gasteiger partial charge in [0.05, 0.1) is 36.1 Å². The van der Waals surface area contributed by atoms with E-state index in [4.69, 9.17) is 23.7 Å². The van der Waals surface area contributed by atoms with Crippen molar-refractivity contribution >= 4 is 18.0 Å². The number of aromatic nitrogens is 1. The van der Waals surface area contributed by atoms with Gasteiger partial charge in [-0.05, 0) is 88.9 Å². The lowest BCUT2D eigenvalue weighted by Crippen LogP contribution is -2.34. The number of nitrogens with one attached hydrogen (secondary N) is 1. The van der Waals surface area contributed by atoms with Gasteiger partial charge < -0.3 is 33.8 Å². The van der Waals surface area contributed by atoms with Gasteiger partial charge in [0, 0.05) is 12.0 Å². The first kappa shape index (κ1) is 32.2. The van der Waals surface area contributed by atoms with Crippen LogP contribution < -0.4 is 14.8 Å². The zero-order valence-corrected chi connectivity index (χ0v) is 24.7. The molecule has 13 heteroatoms. The molecule has 0 saturated heterocycles. The number of carboxylic acid groups (broad SMARTS) is 1. The van der Waals surface area contributed by atoms with E-state index in [2.05, 4.69) is 15.0 Å². The van der Waals surface area contributed by atoms with Crippen molar-refractivity contribution in [1.82, 2.24) is 10.3 Å². The second-order valence-corrected chi connectivity index (χ2v) is 11.3. The van der Waals surface area contributed by atoms with Gasteiger partial charge in [-0.1, -0.05) is 0 Å². The molecule has 1 aromatic heterocycles. The van der Waals surface area contributed by atoms with Gasteiger partial charge >= 0.3 is 24.6 Å². The number of alkyl carbamates (subject to hydrolysis) is 1. The molecule has 11 nitrogen and oxygen atoms in total. The molecule has 1 unspecified atom stereocenters. The number of carboxylic acids is 1. The Bertz CT molecular complexity index is 1480. The number of esters is 1. The molecule has 1 heterocycles. The summed E-state index contributed by atoms with van der Waals surface area (Å²) in [4.78, 5) is 40.6. The van der Waals surface area contributed by atoms with Crippen LogP contribution >= 0.6 is 0 Å². The molecule has 0 aliphatic heterocycles. The van der Waals surface area contributed by atoms with E-state index in [-0.39, 0.29) is 47.3 Å². The molecule has 1 atom stereocenters. The lowest BCUT2D eigenvalue weighted by atomic mass is 10.1. The summed E-state index contributed by atoms with van der Waals surface area (Å²) in [7, 11) is 0. The van der Waals surface area contributed by atoms with Crippen LogP contribution in [0.1, 0.15) is 78.7 Å². The molecule has 0 bridgehead atoms. The number of halogens is 2. The van der Waals surface area contributed by atoms with Crippen LogP contribution in [0, 0.1) is 5.92 Å². The summed E-state index contributed by atoms with van der Waals surface area (Å²) in [5, 5.41) is 11.8. The lowest BCUT2D eigenvalue weighted by Gasteiger charge is -2.21. The highest BCUT2D eigenvalue weighted by Crippen LogP contribution is 2.37. The van der Waals surface area contributed by atoms with Crippen LogP contribution in [-0.2, 0) is 15.9 Å². The van der Waals surface area contributed by atoms with Crippen molar-refractivity contribution in [2.75, 3.05) is 13.2 Å². The van der Waals surface area contributed by atoms with Crippen molar-refractivity contribution in [3.63, 3.8) is 0 Å². The van der Waals surface area contributed by atoms with Crippen molar-refractivity contribution in [2.45, 2.75) is 65.2 Å². The number of carbonyl (C=O) groups excluding carboxylic acids is 2. The number of rotatable bonds is 13. The zero-order chi connectivity index (χ0) is 32.0. The van der Waals surface area contributed by atoms with Gasteiger partial charge in [0.15, 0.2) is 11.5 Å². The van der Waals surface area contributed by atoms with Gasteiger partial charge in [0.2, 0.25) is 5.89 Å². The summed E-state index contributed by atoms with van der Waals surface area (Å²) in [6.45, 7) is 4.04. The maximum Gasteiger partial charge on any atom is 0.408 e. The van der Waals surface area contributed by atoms with E-state index < -0.39 is 36.3 Å². The molecule has 44 heavy (non-hydrogen) atoms. The van der Waals surface area contributed by atoms with E-state index in [9.17, 15) is 23.2 Å².